The van der Waals surface area contributed by atoms with Crippen LogP contribution in [0.4, 0.5) is 0 Å². The van der Waals surface area contributed by atoms with E-state index in [1.165, 1.54) is 11.3 Å². The Morgan fingerprint density at radius 2 is 2.16 bits per heavy atom. The molecular weight excluding hydrogens is 371 g/mol. The molecule has 1 unspecified atom stereocenters. The number of carboxylic acid groups (broad SMARTS) is 1. The number of carboxylic acids is 1. The largest absolute Gasteiger partial charge is 0.481 e. The summed E-state index contributed by atoms with van der Waals surface area (Å²) < 4.78 is 5.10. The topological polar surface area (TPSA) is 88.1 Å². The number of hydrogen-bond acceptors (Lipinski definition) is 6. The van der Waals surface area contributed by atoms with Gasteiger partial charge in [0.25, 0.3) is 0 Å². The lowest BCUT2D eigenvalue weighted by Gasteiger charge is -2.31. The molecule has 0 bridgehead atoms. The number of rotatable bonds is 7. The molecule has 1 heterocycles. The van der Waals surface area contributed by atoms with Crippen molar-refractivity contribution in [1.29, 1.82) is 0 Å². The van der Waals surface area contributed by atoms with Crippen LogP contribution in [0.1, 0.15) is 31.4 Å². The molecule has 1 atom stereocenters. The van der Waals surface area contributed by atoms with E-state index in [-0.39, 0.29) is 13.0 Å². The Bertz CT molecular complexity index is 680. The highest BCUT2D eigenvalue weighted by Gasteiger charge is 2.31. The minimum absolute atomic E-state index is 0.00508. The lowest BCUT2D eigenvalue weighted by molar-refractivity contribution is -0.200. The summed E-state index contributed by atoms with van der Waals surface area (Å²) in [5.41, 5.74) is 3.66. The van der Waals surface area contributed by atoms with Crippen molar-refractivity contribution in [2.45, 2.75) is 25.8 Å². The van der Waals surface area contributed by atoms with Gasteiger partial charge in [-0.1, -0.05) is 29.3 Å². The van der Waals surface area contributed by atoms with Crippen LogP contribution in [-0.4, -0.2) is 35.3 Å². The highest BCUT2D eigenvalue weighted by atomic mass is 35.5. The van der Waals surface area contributed by atoms with Gasteiger partial charge in [-0.15, -0.1) is 0 Å². The Morgan fingerprint density at radius 3 is 2.80 bits per heavy atom. The highest BCUT2D eigenvalue weighted by molar-refractivity contribution is 6.35. The predicted octanol–water partition coefficient (Wildman–Crippen LogP) is 3.10. The van der Waals surface area contributed by atoms with E-state index in [1.807, 2.05) is 0 Å². The third kappa shape index (κ3) is 5.34. The van der Waals surface area contributed by atoms with Crippen LogP contribution in [0.2, 0.25) is 10.0 Å². The van der Waals surface area contributed by atoms with Crippen molar-refractivity contribution in [2.75, 3.05) is 13.2 Å². The Balaban J connectivity index is 2.24. The number of carbonyl (C=O) groups is 2. The Kier molecular flexibility index (Phi) is 7.07. The molecule has 136 valence electrons. The molecule has 0 aliphatic carbocycles. The number of ether oxygens (including phenoxy) is 1. The van der Waals surface area contributed by atoms with Gasteiger partial charge in [-0.05, 0) is 31.0 Å². The van der Waals surface area contributed by atoms with Gasteiger partial charge >= 0.3 is 11.9 Å². The lowest BCUT2D eigenvalue weighted by Crippen LogP contribution is -2.39. The summed E-state index contributed by atoms with van der Waals surface area (Å²) >= 11 is 12.1. The van der Waals surface area contributed by atoms with Gasteiger partial charge in [0, 0.05) is 29.2 Å². The Labute approximate surface area is 155 Å². The first-order chi connectivity index (χ1) is 11.9. The van der Waals surface area contributed by atoms with Crippen molar-refractivity contribution >= 4 is 35.1 Å². The van der Waals surface area contributed by atoms with E-state index in [2.05, 4.69) is 5.48 Å². The molecule has 1 aliphatic heterocycles. The number of halogens is 2. The lowest BCUT2D eigenvalue weighted by atomic mass is 9.99. The SMILES string of the molecule is CCOC(=O)C1=CN(CCCC(=O)O)ONC1c1ccc(Cl)cc1Cl. The zero-order chi connectivity index (χ0) is 18.4. The fraction of sp³-hybridized carbons (Fsp3) is 0.375. The van der Waals surface area contributed by atoms with Crippen LogP contribution in [0, 0.1) is 0 Å². The molecule has 9 heteroatoms. The quantitative estimate of drug-likeness (QED) is 0.693. The molecule has 2 rings (SSSR count). The van der Waals surface area contributed by atoms with E-state index < -0.39 is 18.0 Å². The standard InChI is InChI=1S/C16H18Cl2N2O5/c1-2-24-16(23)12-9-20(7-3-4-14(21)22)25-19-15(12)11-6-5-10(17)8-13(11)18/h5-6,8-9,15,19H,2-4,7H2,1H3,(H,21,22). The third-order valence-electron chi connectivity index (χ3n) is 3.44. The number of aliphatic carboxylic acids is 1. The first kappa shape index (κ1) is 19.5. The van der Waals surface area contributed by atoms with E-state index in [4.69, 9.17) is 38.0 Å². The van der Waals surface area contributed by atoms with E-state index in [0.29, 0.717) is 34.1 Å². The van der Waals surface area contributed by atoms with Gasteiger partial charge in [0.05, 0.1) is 18.2 Å². The normalized spacial score (nSPS) is 17.2. The molecule has 0 spiro atoms. The fourth-order valence-corrected chi connectivity index (χ4v) is 2.81. The van der Waals surface area contributed by atoms with E-state index >= 15 is 0 Å². The van der Waals surface area contributed by atoms with Crippen LogP contribution in [0.3, 0.4) is 0 Å². The van der Waals surface area contributed by atoms with Gasteiger partial charge in [-0.2, -0.15) is 10.4 Å². The summed E-state index contributed by atoms with van der Waals surface area (Å²) in [7, 11) is 0. The monoisotopic (exact) mass is 388 g/mol. The summed E-state index contributed by atoms with van der Waals surface area (Å²) in [6, 6.07) is 4.28. The predicted molar refractivity (Wildman–Crippen MR) is 91.7 cm³/mol. The first-order valence-corrected chi connectivity index (χ1v) is 8.42. The maximum Gasteiger partial charge on any atom is 0.337 e. The molecule has 0 saturated heterocycles. The summed E-state index contributed by atoms with van der Waals surface area (Å²) in [6.07, 6.45) is 1.84. The van der Waals surface area contributed by atoms with Crippen LogP contribution < -0.4 is 5.48 Å². The number of esters is 1. The number of carbonyl (C=O) groups excluding carboxylic acids is 1. The molecule has 2 N–H and O–H groups in total. The second-order valence-corrected chi connectivity index (χ2v) is 6.09. The van der Waals surface area contributed by atoms with Crippen LogP contribution in [0.25, 0.3) is 0 Å². The maximum absolute atomic E-state index is 12.3. The summed E-state index contributed by atoms with van der Waals surface area (Å²) in [6.45, 7) is 2.22. The van der Waals surface area contributed by atoms with Crippen molar-refractivity contribution in [3.05, 3.63) is 45.6 Å². The molecule has 1 aromatic rings. The zero-order valence-corrected chi connectivity index (χ0v) is 15.0. The van der Waals surface area contributed by atoms with Crippen LogP contribution in [-0.2, 0) is 19.3 Å². The zero-order valence-electron chi connectivity index (χ0n) is 13.5. The number of hydrogen-bond donors (Lipinski definition) is 2. The summed E-state index contributed by atoms with van der Waals surface area (Å²) in [5, 5.41) is 10.9. The second kappa shape index (κ2) is 9.05. The van der Waals surface area contributed by atoms with Gasteiger partial charge in [0.1, 0.15) is 0 Å². The molecule has 0 fully saturated rings. The molecule has 1 aliphatic rings. The van der Waals surface area contributed by atoms with Gasteiger partial charge in [0.2, 0.25) is 0 Å². The number of benzene rings is 1. The van der Waals surface area contributed by atoms with Gasteiger partial charge in [-0.25, -0.2) is 9.86 Å². The summed E-state index contributed by atoms with van der Waals surface area (Å²) in [4.78, 5) is 28.3. The molecule has 0 saturated carbocycles. The van der Waals surface area contributed by atoms with E-state index in [1.54, 1.807) is 25.1 Å². The first-order valence-electron chi connectivity index (χ1n) is 7.67. The van der Waals surface area contributed by atoms with Gasteiger partial charge in [0.15, 0.2) is 0 Å². The van der Waals surface area contributed by atoms with E-state index in [0.717, 1.165) is 0 Å². The van der Waals surface area contributed by atoms with Gasteiger partial charge in [-0.3, -0.25) is 4.79 Å². The van der Waals surface area contributed by atoms with E-state index in [9.17, 15) is 9.59 Å². The van der Waals surface area contributed by atoms with Crippen molar-refractivity contribution in [1.82, 2.24) is 10.5 Å². The minimum atomic E-state index is -0.898. The van der Waals surface area contributed by atoms with Crippen molar-refractivity contribution in [2.24, 2.45) is 0 Å². The molecule has 25 heavy (non-hydrogen) atoms. The second-order valence-electron chi connectivity index (χ2n) is 5.25. The molecule has 7 nitrogen and oxygen atoms in total. The average molecular weight is 389 g/mol. The van der Waals surface area contributed by atoms with Crippen LogP contribution in [0.5, 0.6) is 0 Å². The van der Waals surface area contributed by atoms with Crippen molar-refractivity contribution in [3.63, 3.8) is 0 Å². The Hall–Kier alpha value is -1.80. The molecule has 0 amide bonds. The summed E-state index contributed by atoms with van der Waals surface area (Å²) in [5.74, 6) is -1.41. The fourth-order valence-electron chi connectivity index (χ4n) is 2.29. The number of nitrogens with zero attached hydrogens (tertiary/aromatic N) is 1. The molecule has 0 radical (unpaired) electrons. The average Bonchev–Trinajstić information content (AvgIpc) is 2.55. The smallest absolute Gasteiger partial charge is 0.337 e. The van der Waals surface area contributed by atoms with Crippen molar-refractivity contribution in [3.8, 4) is 0 Å². The van der Waals surface area contributed by atoms with Crippen molar-refractivity contribution < 1.29 is 24.4 Å². The van der Waals surface area contributed by atoms with Crippen LogP contribution in [0.15, 0.2) is 30.0 Å². The third-order valence-corrected chi connectivity index (χ3v) is 4.00. The number of nitrogens with one attached hydrogen (secondary N) is 1. The number of hydroxylamine groups is 3. The highest BCUT2D eigenvalue weighted by Crippen LogP contribution is 2.33. The Morgan fingerprint density at radius 1 is 1.40 bits per heavy atom. The minimum Gasteiger partial charge on any atom is -0.481 e. The molecule has 1 aromatic carbocycles. The maximum atomic E-state index is 12.3. The molecule has 0 aromatic heterocycles. The van der Waals surface area contributed by atoms with Gasteiger partial charge < -0.3 is 9.84 Å². The van der Waals surface area contributed by atoms with Crippen LogP contribution >= 0.6 is 23.2 Å². The molecular formula is C16H18Cl2N2O5.